The van der Waals surface area contributed by atoms with Crippen LogP contribution in [0.2, 0.25) is 0 Å². The molecular formula is C21H22BrN3O2. The third kappa shape index (κ3) is 3.93. The van der Waals surface area contributed by atoms with Gasteiger partial charge in [-0.15, -0.1) is 0 Å². The van der Waals surface area contributed by atoms with Gasteiger partial charge in [-0.3, -0.25) is 14.6 Å². The minimum absolute atomic E-state index is 0.632. The molecule has 1 saturated heterocycles. The Morgan fingerprint density at radius 2 is 1.85 bits per heavy atom. The van der Waals surface area contributed by atoms with E-state index in [0.717, 1.165) is 53.7 Å². The van der Waals surface area contributed by atoms with E-state index in [4.69, 9.17) is 0 Å². The number of fused-ring (bicyclic) bond motifs is 1. The molecule has 27 heavy (non-hydrogen) atoms. The molecule has 1 aliphatic rings. The minimum Gasteiger partial charge on any atom is -0.480 e. The van der Waals surface area contributed by atoms with Crippen LogP contribution >= 0.6 is 15.9 Å². The van der Waals surface area contributed by atoms with E-state index in [1.165, 1.54) is 5.56 Å². The minimum atomic E-state index is -0.799. The molecule has 0 bridgehead atoms. The van der Waals surface area contributed by atoms with Crippen molar-refractivity contribution in [1.82, 2.24) is 14.8 Å². The molecule has 6 heteroatoms. The van der Waals surface area contributed by atoms with Gasteiger partial charge in [0.25, 0.3) is 0 Å². The van der Waals surface area contributed by atoms with Crippen molar-refractivity contribution >= 4 is 32.8 Å². The highest BCUT2D eigenvalue weighted by Crippen LogP contribution is 2.31. The number of hydrogen-bond donors (Lipinski definition) is 2. The van der Waals surface area contributed by atoms with Crippen LogP contribution in [-0.2, 0) is 11.3 Å². The average molecular weight is 428 g/mol. The summed E-state index contributed by atoms with van der Waals surface area (Å²) in [5, 5.41) is 10.9. The molecule has 1 fully saturated rings. The lowest BCUT2D eigenvalue weighted by Crippen LogP contribution is -2.48. The summed E-state index contributed by atoms with van der Waals surface area (Å²) in [6.45, 7) is 4.12. The Hall–Kier alpha value is -2.15. The summed E-state index contributed by atoms with van der Waals surface area (Å²) < 4.78 is 0.952. The van der Waals surface area contributed by atoms with E-state index < -0.39 is 12.0 Å². The van der Waals surface area contributed by atoms with Gasteiger partial charge >= 0.3 is 5.97 Å². The van der Waals surface area contributed by atoms with Gasteiger partial charge in [0.05, 0.1) is 0 Å². The molecule has 0 amide bonds. The largest absolute Gasteiger partial charge is 0.480 e. The third-order valence-electron chi connectivity index (χ3n) is 5.23. The van der Waals surface area contributed by atoms with Crippen molar-refractivity contribution < 1.29 is 9.90 Å². The second-order valence-electron chi connectivity index (χ2n) is 6.97. The van der Waals surface area contributed by atoms with Crippen molar-refractivity contribution in [1.29, 1.82) is 0 Å². The van der Waals surface area contributed by atoms with Crippen molar-refractivity contribution in [3.8, 4) is 0 Å². The Balaban J connectivity index is 1.50. The number of rotatable bonds is 5. The van der Waals surface area contributed by atoms with Crippen LogP contribution in [0.1, 0.15) is 17.2 Å². The maximum Gasteiger partial charge on any atom is 0.325 e. The van der Waals surface area contributed by atoms with Gasteiger partial charge in [0.1, 0.15) is 6.04 Å². The van der Waals surface area contributed by atoms with Crippen molar-refractivity contribution in [3.05, 3.63) is 70.3 Å². The molecule has 1 aliphatic heterocycles. The first-order valence-corrected chi connectivity index (χ1v) is 9.91. The number of nitrogens with zero attached hydrogens (tertiary/aromatic N) is 2. The van der Waals surface area contributed by atoms with Gasteiger partial charge in [0, 0.05) is 59.9 Å². The van der Waals surface area contributed by atoms with Crippen LogP contribution < -0.4 is 0 Å². The van der Waals surface area contributed by atoms with Crippen LogP contribution in [0.5, 0.6) is 0 Å². The maximum absolute atomic E-state index is 12.1. The van der Waals surface area contributed by atoms with Crippen molar-refractivity contribution in [3.63, 3.8) is 0 Å². The highest BCUT2D eigenvalue weighted by atomic mass is 79.9. The molecule has 2 aromatic carbocycles. The van der Waals surface area contributed by atoms with E-state index >= 15 is 0 Å². The molecule has 2 N–H and O–H groups in total. The SMILES string of the molecule is O=C(O)C(c1c[nH]c2ccc(Br)cc12)N1CCN(Cc2ccccc2)CC1. The molecule has 0 saturated carbocycles. The monoisotopic (exact) mass is 427 g/mol. The molecular weight excluding hydrogens is 406 g/mol. The Labute approximate surface area is 166 Å². The maximum atomic E-state index is 12.1. The second-order valence-corrected chi connectivity index (χ2v) is 7.89. The number of nitrogens with one attached hydrogen (secondary N) is 1. The Morgan fingerprint density at radius 1 is 1.11 bits per heavy atom. The van der Waals surface area contributed by atoms with E-state index in [1.54, 1.807) is 0 Å². The summed E-state index contributed by atoms with van der Waals surface area (Å²) in [6, 6.07) is 15.7. The van der Waals surface area contributed by atoms with Gasteiger partial charge in [-0.25, -0.2) is 0 Å². The molecule has 1 unspecified atom stereocenters. The molecule has 140 valence electrons. The van der Waals surface area contributed by atoms with E-state index in [1.807, 2.05) is 30.5 Å². The molecule has 2 heterocycles. The van der Waals surface area contributed by atoms with Crippen LogP contribution in [0.25, 0.3) is 10.9 Å². The smallest absolute Gasteiger partial charge is 0.325 e. The zero-order chi connectivity index (χ0) is 18.8. The fourth-order valence-corrected chi connectivity index (χ4v) is 4.21. The number of hydrogen-bond acceptors (Lipinski definition) is 3. The molecule has 0 aliphatic carbocycles. The summed E-state index contributed by atoms with van der Waals surface area (Å²) in [5.41, 5.74) is 3.08. The van der Waals surface area contributed by atoms with Crippen LogP contribution in [-0.4, -0.2) is 52.0 Å². The molecule has 1 atom stereocenters. The first-order chi connectivity index (χ1) is 13.1. The molecule has 4 rings (SSSR count). The molecule has 5 nitrogen and oxygen atoms in total. The summed E-state index contributed by atoms with van der Waals surface area (Å²) in [6.07, 6.45) is 1.84. The van der Waals surface area contributed by atoms with Gasteiger partial charge in [-0.2, -0.15) is 0 Å². The van der Waals surface area contributed by atoms with E-state index in [9.17, 15) is 9.90 Å². The van der Waals surface area contributed by atoms with Crippen LogP contribution in [0, 0.1) is 0 Å². The highest BCUT2D eigenvalue weighted by Gasteiger charge is 2.32. The second kappa shape index (κ2) is 7.84. The quantitative estimate of drug-likeness (QED) is 0.648. The number of halogens is 1. The van der Waals surface area contributed by atoms with Gasteiger partial charge in [-0.1, -0.05) is 46.3 Å². The number of benzene rings is 2. The van der Waals surface area contributed by atoms with Crippen molar-refractivity contribution in [2.45, 2.75) is 12.6 Å². The number of carbonyl (C=O) groups is 1. The number of aromatic nitrogens is 1. The zero-order valence-electron chi connectivity index (χ0n) is 14.9. The standard InChI is InChI=1S/C21H22BrN3O2/c22-16-6-7-19-17(12-16)18(13-23-19)20(21(26)27)25-10-8-24(9-11-25)14-15-4-2-1-3-5-15/h1-7,12-13,20,23H,8-11,14H2,(H,26,27). The fraction of sp³-hybridized carbons (Fsp3) is 0.286. The predicted octanol–water partition coefficient (Wildman–Crippen LogP) is 3.87. The number of carboxylic acids is 1. The summed E-state index contributed by atoms with van der Waals surface area (Å²) in [7, 11) is 0. The lowest BCUT2D eigenvalue weighted by molar-refractivity contribution is -0.144. The third-order valence-corrected chi connectivity index (χ3v) is 5.72. The number of aliphatic carboxylic acids is 1. The molecule has 1 aromatic heterocycles. The topological polar surface area (TPSA) is 59.6 Å². The van der Waals surface area contributed by atoms with Gasteiger partial charge in [0.2, 0.25) is 0 Å². The number of carboxylic acid groups (broad SMARTS) is 1. The normalized spacial score (nSPS) is 17.2. The number of piperazine rings is 1. The molecule has 3 aromatic rings. The van der Waals surface area contributed by atoms with Gasteiger partial charge in [0.15, 0.2) is 0 Å². The van der Waals surface area contributed by atoms with Crippen LogP contribution in [0.15, 0.2) is 59.2 Å². The van der Waals surface area contributed by atoms with Crippen molar-refractivity contribution in [2.75, 3.05) is 26.2 Å². The Kier molecular flexibility index (Phi) is 5.29. The lowest BCUT2D eigenvalue weighted by atomic mass is 10.0. The number of H-pyrrole nitrogens is 1. The van der Waals surface area contributed by atoms with E-state index in [-0.39, 0.29) is 0 Å². The first kappa shape index (κ1) is 18.2. The molecule has 0 radical (unpaired) electrons. The van der Waals surface area contributed by atoms with E-state index in [0.29, 0.717) is 0 Å². The van der Waals surface area contributed by atoms with Gasteiger partial charge in [-0.05, 0) is 23.8 Å². The zero-order valence-corrected chi connectivity index (χ0v) is 16.5. The van der Waals surface area contributed by atoms with Crippen LogP contribution in [0.3, 0.4) is 0 Å². The fourth-order valence-electron chi connectivity index (χ4n) is 3.85. The predicted molar refractivity (Wildman–Crippen MR) is 110 cm³/mol. The summed E-state index contributed by atoms with van der Waals surface area (Å²) in [5.74, 6) is -0.799. The van der Waals surface area contributed by atoms with Gasteiger partial charge < -0.3 is 10.1 Å². The van der Waals surface area contributed by atoms with E-state index in [2.05, 4.69) is 55.0 Å². The van der Waals surface area contributed by atoms with Crippen LogP contribution in [0.4, 0.5) is 0 Å². The first-order valence-electron chi connectivity index (χ1n) is 9.11. The number of aromatic amines is 1. The Bertz CT molecular complexity index is 933. The lowest BCUT2D eigenvalue weighted by Gasteiger charge is -2.37. The summed E-state index contributed by atoms with van der Waals surface area (Å²) in [4.78, 5) is 19.8. The van der Waals surface area contributed by atoms with Crippen molar-refractivity contribution in [2.24, 2.45) is 0 Å². The Morgan fingerprint density at radius 3 is 2.56 bits per heavy atom. The average Bonchev–Trinajstić information content (AvgIpc) is 3.07. The molecule has 0 spiro atoms. The highest BCUT2D eigenvalue weighted by molar-refractivity contribution is 9.10. The summed E-state index contributed by atoms with van der Waals surface area (Å²) >= 11 is 3.49.